The predicted molar refractivity (Wildman–Crippen MR) is 82.1 cm³/mol. The number of nitrogens with two attached hydrogens (primary N) is 1. The summed E-state index contributed by atoms with van der Waals surface area (Å²) in [7, 11) is -10.3. The fourth-order valence-corrected chi connectivity index (χ4v) is 4.02. The number of phosphoric ester groups is 1. The lowest BCUT2D eigenvalue weighted by Gasteiger charge is -2.17. The van der Waals surface area contributed by atoms with Crippen LogP contribution in [0.4, 0.5) is 10.2 Å². The van der Waals surface area contributed by atoms with Crippen molar-refractivity contribution >= 4 is 32.6 Å². The van der Waals surface area contributed by atoms with Crippen LogP contribution in [0.15, 0.2) is 12.7 Å². The van der Waals surface area contributed by atoms with E-state index in [1.807, 2.05) is 0 Å². The Morgan fingerprint density at radius 2 is 2.08 bits per heavy atom. The van der Waals surface area contributed by atoms with Gasteiger partial charge in [-0.05, 0) is 0 Å². The van der Waals surface area contributed by atoms with Crippen molar-refractivity contribution in [3.05, 3.63) is 12.7 Å². The molecule has 1 aliphatic heterocycles. The lowest BCUT2D eigenvalue weighted by molar-refractivity contribution is -0.0317. The van der Waals surface area contributed by atoms with E-state index in [1.165, 1.54) is 17.2 Å². The standard InChI is InChI=1S/C10H14FN5O8P2/c11-5-1-7(16-4-15-8-9(12)13-3-14-10(8)16)23-6(5)2-22-26(20,21)24-25(17,18)19/h3-7H,1-2H2,(H,20,21)(H2,12,13,14)(H2,17,18,19)/t5-,6+,7+/m0/s1. The SMILES string of the molecule is Nc1ncnc2c1ncn2[C@H]1C[C@H](F)[C@@H](COP(=O)(O)OP(=O)(O)O)O1. The number of hydrogen-bond acceptors (Lipinski definition) is 9. The molecule has 0 bridgehead atoms. The first-order valence-corrected chi connectivity index (χ1v) is 10.0. The van der Waals surface area contributed by atoms with Gasteiger partial charge in [0.15, 0.2) is 11.5 Å². The summed E-state index contributed by atoms with van der Waals surface area (Å²) in [6.07, 6.45) is -1.31. The molecule has 0 aromatic carbocycles. The highest BCUT2D eigenvalue weighted by molar-refractivity contribution is 7.60. The van der Waals surface area contributed by atoms with E-state index >= 15 is 0 Å². The van der Waals surface area contributed by atoms with Crippen molar-refractivity contribution in [3.63, 3.8) is 0 Å². The number of nitrogens with zero attached hydrogens (tertiary/aromatic N) is 4. The molecule has 1 aliphatic rings. The summed E-state index contributed by atoms with van der Waals surface area (Å²) in [4.78, 5) is 38.1. The van der Waals surface area contributed by atoms with Gasteiger partial charge < -0.3 is 25.2 Å². The van der Waals surface area contributed by atoms with Gasteiger partial charge >= 0.3 is 15.6 Å². The summed E-state index contributed by atoms with van der Waals surface area (Å²) in [6, 6.07) is 0. The Morgan fingerprint density at radius 3 is 2.77 bits per heavy atom. The van der Waals surface area contributed by atoms with Gasteiger partial charge in [-0.1, -0.05) is 0 Å². The number of ether oxygens (including phenoxy) is 1. The first kappa shape index (κ1) is 19.3. The van der Waals surface area contributed by atoms with E-state index in [-0.39, 0.29) is 12.2 Å². The number of imidazole rings is 1. The van der Waals surface area contributed by atoms with Crippen molar-refractivity contribution in [1.29, 1.82) is 0 Å². The van der Waals surface area contributed by atoms with Gasteiger partial charge in [0.05, 0.1) is 12.9 Å². The Labute approximate surface area is 144 Å². The maximum absolute atomic E-state index is 14.2. The van der Waals surface area contributed by atoms with Crippen LogP contribution < -0.4 is 5.73 Å². The molecule has 3 heterocycles. The van der Waals surface area contributed by atoms with Crippen molar-refractivity contribution < 1.29 is 41.8 Å². The Hall–Kier alpha value is -1.50. The van der Waals surface area contributed by atoms with Crippen LogP contribution in [0.1, 0.15) is 12.6 Å². The molecule has 1 fully saturated rings. The zero-order valence-electron chi connectivity index (χ0n) is 12.8. The van der Waals surface area contributed by atoms with Gasteiger partial charge in [0.1, 0.15) is 30.3 Å². The van der Waals surface area contributed by atoms with Crippen LogP contribution in [0.25, 0.3) is 11.2 Å². The van der Waals surface area contributed by atoms with Crippen LogP contribution in [0, 0.1) is 0 Å². The van der Waals surface area contributed by atoms with Crippen LogP contribution in [-0.4, -0.2) is 53.1 Å². The number of alkyl halides is 1. The molecule has 0 saturated carbocycles. The topological polar surface area (TPSA) is 192 Å². The van der Waals surface area contributed by atoms with Gasteiger partial charge in [0.25, 0.3) is 0 Å². The van der Waals surface area contributed by atoms with Crippen LogP contribution in [0.5, 0.6) is 0 Å². The molecule has 0 spiro atoms. The molecule has 26 heavy (non-hydrogen) atoms. The van der Waals surface area contributed by atoms with Crippen LogP contribution in [-0.2, 0) is 22.7 Å². The maximum atomic E-state index is 14.2. The van der Waals surface area contributed by atoms with Gasteiger partial charge in [0, 0.05) is 6.42 Å². The predicted octanol–water partition coefficient (Wildman–Crippen LogP) is 0.260. The minimum Gasteiger partial charge on any atom is -0.382 e. The number of anilines is 1. The minimum atomic E-state index is -5.26. The third kappa shape index (κ3) is 4.24. The average Bonchev–Trinajstić information content (AvgIpc) is 3.07. The minimum absolute atomic E-state index is 0.138. The third-order valence-corrected chi connectivity index (χ3v) is 5.62. The monoisotopic (exact) mass is 413 g/mol. The van der Waals surface area contributed by atoms with Gasteiger partial charge in [-0.15, -0.1) is 0 Å². The summed E-state index contributed by atoms with van der Waals surface area (Å²) in [5.41, 5.74) is 6.29. The normalized spacial score (nSPS) is 26.2. The molecule has 2 aromatic rings. The van der Waals surface area contributed by atoms with E-state index in [2.05, 4.69) is 23.8 Å². The Kier molecular flexibility index (Phi) is 5.12. The second-order valence-corrected chi connectivity index (χ2v) is 8.13. The number of fused-ring (bicyclic) bond motifs is 1. The summed E-state index contributed by atoms with van der Waals surface area (Å²) < 4.78 is 51.0. The second-order valence-electron chi connectivity index (χ2n) is 5.30. The largest absolute Gasteiger partial charge is 0.481 e. The summed E-state index contributed by atoms with van der Waals surface area (Å²) in [5.74, 6) is 0.138. The van der Waals surface area contributed by atoms with E-state index in [9.17, 15) is 18.4 Å². The fourth-order valence-electron chi connectivity index (χ4n) is 2.42. The first-order valence-electron chi connectivity index (χ1n) is 7.02. The quantitative estimate of drug-likeness (QED) is 0.473. The fraction of sp³-hybridized carbons (Fsp3) is 0.500. The molecule has 144 valence electrons. The van der Waals surface area contributed by atoms with Crippen molar-refractivity contribution in [2.24, 2.45) is 0 Å². The molecular formula is C10H14FN5O8P2. The molecule has 3 rings (SSSR count). The summed E-state index contributed by atoms with van der Waals surface area (Å²) >= 11 is 0. The number of phosphoric acid groups is 2. The lowest BCUT2D eigenvalue weighted by Crippen LogP contribution is -2.23. The number of aromatic nitrogens is 4. The Morgan fingerprint density at radius 1 is 1.35 bits per heavy atom. The van der Waals surface area contributed by atoms with Crippen molar-refractivity contribution in [1.82, 2.24) is 19.5 Å². The summed E-state index contributed by atoms with van der Waals surface area (Å²) in [6.45, 7) is -0.769. The van der Waals surface area contributed by atoms with Gasteiger partial charge in [-0.25, -0.2) is 28.5 Å². The van der Waals surface area contributed by atoms with Gasteiger partial charge in [0.2, 0.25) is 0 Å². The molecule has 13 nitrogen and oxygen atoms in total. The van der Waals surface area contributed by atoms with Crippen molar-refractivity contribution in [3.8, 4) is 0 Å². The summed E-state index contributed by atoms with van der Waals surface area (Å²) in [5, 5.41) is 0. The molecular weight excluding hydrogens is 399 g/mol. The van der Waals surface area contributed by atoms with Crippen LogP contribution in [0.2, 0.25) is 0 Å². The molecule has 0 aliphatic carbocycles. The first-order chi connectivity index (χ1) is 12.1. The number of nitrogen functional groups attached to an aromatic ring is 1. The molecule has 5 N–H and O–H groups in total. The molecule has 2 aromatic heterocycles. The average molecular weight is 413 g/mol. The Balaban J connectivity index is 1.69. The van der Waals surface area contributed by atoms with Crippen LogP contribution in [0.3, 0.4) is 0 Å². The molecule has 1 unspecified atom stereocenters. The number of halogens is 1. The second kappa shape index (κ2) is 6.91. The lowest BCUT2D eigenvalue weighted by atomic mass is 10.2. The highest BCUT2D eigenvalue weighted by Crippen LogP contribution is 2.57. The molecule has 1 saturated heterocycles. The molecule has 16 heteroatoms. The van der Waals surface area contributed by atoms with Gasteiger partial charge in [-0.3, -0.25) is 9.09 Å². The molecule has 0 amide bonds. The van der Waals surface area contributed by atoms with E-state index in [0.29, 0.717) is 11.2 Å². The van der Waals surface area contributed by atoms with E-state index < -0.39 is 40.8 Å². The highest BCUT2D eigenvalue weighted by atomic mass is 31.3. The number of rotatable bonds is 6. The van der Waals surface area contributed by atoms with Crippen molar-refractivity contribution in [2.45, 2.75) is 24.9 Å². The van der Waals surface area contributed by atoms with Crippen molar-refractivity contribution in [2.75, 3.05) is 12.3 Å². The molecule has 4 atom stereocenters. The zero-order valence-corrected chi connectivity index (χ0v) is 14.6. The smallest absolute Gasteiger partial charge is 0.382 e. The third-order valence-electron chi connectivity index (χ3n) is 3.47. The van der Waals surface area contributed by atoms with E-state index in [1.54, 1.807) is 0 Å². The zero-order chi connectivity index (χ0) is 19.1. The maximum Gasteiger partial charge on any atom is 0.481 e. The van der Waals surface area contributed by atoms with E-state index in [0.717, 1.165) is 0 Å². The molecule has 0 radical (unpaired) electrons. The number of hydrogen-bond donors (Lipinski definition) is 4. The van der Waals surface area contributed by atoms with Crippen LogP contribution >= 0.6 is 15.6 Å². The highest BCUT2D eigenvalue weighted by Gasteiger charge is 2.40. The van der Waals surface area contributed by atoms with Gasteiger partial charge in [-0.2, -0.15) is 4.31 Å². The Bertz CT molecular complexity index is 905. The van der Waals surface area contributed by atoms with E-state index in [4.69, 9.17) is 20.3 Å².